The van der Waals surface area contributed by atoms with Crippen LogP contribution in [0.1, 0.15) is 12.0 Å². The van der Waals surface area contributed by atoms with Gasteiger partial charge in [0.2, 0.25) is 0 Å². The number of rotatable bonds is 7. The molecule has 5 nitrogen and oxygen atoms in total. The third-order valence-corrected chi connectivity index (χ3v) is 3.19. The molecule has 0 saturated heterocycles. The molecule has 2 aromatic carbocycles. The quantitative estimate of drug-likeness (QED) is 0.780. The minimum atomic E-state index is -0.911. The summed E-state index contributed by atoms with van der Waals surface area (Å²) in [6.45, 7) is 1.39. The predicted molar refractivity (Wildman–Crippen MR) is 87.2 cm³/mol. The van der Waals surface area contributed by atoms with Gasteiger partial charge in [0.1, 0.15) is 23.1 Å². The van der Waals surface area contributed by atoms with Gasteiger partial charge in [-0.25, -0.2) is 8.78 Å². The average molecular weight is 349 g/mol. The highest BCUT2D eigenvalue weighted by Crippen LogP contribution is 2.17. The van der Waals surface area contributed by atoms with Crippen molar-refractivity contribution in [3.8, 4) is 5.75 Å². The Morgan fingerprint density at radius 3 is 2.32 bits per heavy atom. The van der Waals surface area contributed by atoms with Crippen LogP contribution in [-0.2, 0) is 14.3 Å². The molecule has 0 aliphatic carbocycles. The third-order valence-electron chi connectivity index (χ3n) is 3.19. The summed E-state index contributed by atoms with van der Waals surface area (Å²) in [7, 11) is 0. The number of aryl methyl sites for hydroxylation is 1. The van der Waals surface area contributed by atoms with Gasteiger partial charge < -0.3 is 14.8 Å². The van der Waals surface area contributed by atoms with E-state index in [1.807, 2.05) is 24.4 Å². The van der Waals surface area contributed by atoms with Crippen LogP contribution in [0.5, 0.6) is 5.75 Å². The fourth-order valence-corrected chi connectivity index (χ4v) is 1.90. The molecular weight excluding hydrogens is 332 g/mol. The molecule has 0 atom stereocenters. The Balaban J connectivity index is 1.70. The number of hydrogen-bond donors (Lipinski definition) is 1. The molecule has 0 fully saturated rings. The first-order valence-electron chi connectivity index (χ1n) is 7.54. The summed E-state index contributed by atoms with van der Waals surface area (Å²) in [4.78, 5) is 23.1. The number of para-hydroxylation sites is 1. The molecule has 0 saturated carbocycles. The maximum atomic E-state index is 13.4. The van der Waals surface area contributed by atoms with Crippen molar-refractivity contribution in [2.24, 2.45) is 0 Å². The van der Waals surface area contributed by atoms with Crippen molar-refractivity contribution < 1.29 is 27.8 Å². The number of halogens is 2. The SMILES string of the molecule is Cc1ccc(OCCC(=O)OCC(=O)Nc2c(F)cccc2F)cc1. The van der Waals surface area contributed by atoms with Gasteiger partial charge in [-0.3, -0.25) is 9.59 Å². The van der Waals surface area contributed by atoms with Crippen LogP contribution in [0.2, 0.25) is 0 Å². The van der Waals surface area contributed by atoms with Gasteiger partial charge >= 0.3 is 5.97 Å². The number of esters is 1. The number of benzene rings is 2. The van der Waals surface area contributed by atoms with Gasteiger partial charge in [0.25, 0.3) is 5.91 Å². The topological polar surface area (TPSA) is 64.6 Å². The lowest BCUT2D eigenvalue weighted by Crippen LogP contribution is -2.22. The summed E-state index contributed by atoms with van der Waals surface area (Å²) in [5.41, 5.74) is 0.510. The van der Waals surface area contributed by atoms with Gasteiger partial charge in [0.15, 0.2) is 6.61 Å². The second-order valence-corrected chi connectivity index (χ2v) is 5.22. The van der Waals surface area contributed by atoms with Gasteiger partial charge in [0, 0.05) is 0 Å². The highest BCUT2D eigenvalue weighted by molar-refractivity contribution is 5.93. The molecule has 0 bridgehead atoms. The minimum absolute atomic E-state index is 0.0603. The Morgan fingerprint density at radius 1 is 1.04 bits per heavy atom. The van der Waals surface area contributed by atoms with Crippen LogP contribution in [0.15, 0.2) is 42.5 Å². The molecular formula is C18H17F2NO4. The lowest BCUT2D eigenvalue weighted by Gasteiger charge is -2.09. The van der Waals surface area contributed by atoms with Crippen molar-refractivity contribution in [2.45, 2.75) is 13.3 Å². The predicted octanol–water partition coefficient (Wildman–Crippen LogP) is 3.22. The van der Waals surface area contributed by atoms with Gasteiger partial charge in [-0.05, 0) is 31.2 Å². The summed E-state index contributed by atoms with van der Waals surface area (Å²) in [5.74, 6) is -2.70. The van der Waals surface area contributed by atoms with Crippen molar-refractivity contribution in [3.63, 3.8) is 0 Å². The van der Waals surface area contributed by atoms with Gasteiger partial charge in [-0.15, -0.1) is 0 Å². The highest BCUT2D eigenvalue weighted by atomic mass is 19.1. The Hall–Kier alpha value is -2.96. The normalized spacial score (nSPS) is 10.2. The fourth-order valence-electron chi connectivity index (χ4n) is 1.90. The zero-order chi connectivity index (χ0) is 18.2. The van der Waals surface area contributed by atoms with Crippen molar-refractivity contribution in [1.82, 2.24) is 0 Å². The molecule has 132 valence electrons. The standard InChI is InChI=1S/C18H17F2NO4/c1-12-5-7-13(8-6-12)24-10-9-17(23)25-11-16(22)21-18-14(19)3-2-4-15(18)20/h2-8H,9-11H2,1H3,(H,21,22). The largest absolute Gasteiger partial charge is 0.493 e. The molecule has 0 unspecified atom stereocenters. The molecule has 1 amide bonds. The molecule has 25 heavy (non-hydrogen) atoms. The highest BCUT2D eigenvalue weighted by Gasteiger charge is 2.13. The smallest absolute Gasteiger partial charge is 0.309 e. The Labute approximate surface area is 143 Å². The summed E-state index contributed by atoms with van der Waals surface area (Å²) in [6, 6.07) is 10.5. The Morgan fingerprint density at radius 2 is 1.68 bits per heavy atom. The summed E-state index contributed by atoms with van der Waals surface area (Å²) in [5, 5.41) is 2.02. The van der Waals surface area contributed by atoms with E-state index in [0.717, 1.165) is 17.7 Å². The van der Waals surface area contributed by atoms with E-state index >= 15 is 0 Å². The van der Waals surface area contributed by atoms with Gasteiger partial charge in [0.05, 0.1) is 13.0 Å². The Bertz CT molecular complexity index is 727. The molecule has 0 aliphatic heterocycles. The van der Waals surface area contributed by atoms with Crippen LogP contribution in [0, 0.1) is 18.6 Å². The summed E-state index contributed by atoms with van der Waals surface area (Å²) in [6.07, 6.45) is -0.0603. The lowest BCUT2D eigenvalue weighted by molar-refractivity contribution is -0.147. The number of carbonyl (C=O) groups excluding carboxylic acids is 2. The first kappa shape index (κ1) is 18.4. The monoisotopic (exact) mass is 349 g/mol. The molecule has 0 heterocycles. The number of ether oxygens (including phenoxy) is 2. The summed E-state index contributed by atoms with van der Waals surface area (Å²) >= 11 is 0. The molecule has 0 aromatic heterocycles. The van der Waals surface area contributed by atoms with Crippen LogP contribution in [0.25, 0.3) is 0 Å². The second kappa shape index (κ2) is 8.77. The molecule has 2 rings (SSSR count). The number of anilines is 1. The number of carbonyl (C=O) groups is 2. The minimum Gasteiger partial charge on any atom is -0.493 e. The first-order valence-corrected chi connectivity index (χ1v) is 7.54. The molecule has 0 spiro atoms. The van der Waals surface area contributed by atoms with E-state index < -0.39 is 35.8 Å². The Kier molecular flexibility index (Phi) is 6.45. The number of nitrogens with one attached hydrogen (secondary N) is 1. The summed E-state index contributed by atoms with van der Waals surface area (Å²) < 4.78 is 36.9. The maximum Gasteiger partial charge on any atom is 0.309 e. The number of amides is 1. The van der Waals surface area contributed by atoms with E-state index in [1.54, 1.807) is 12.1 Å². The zero-order valence-electron chi connectivity index (χ0n) is 13.6. The van der Waals surface area contributed by atoms with E-state index in [0.29, 0.717) is 5.75 Å². The van der Waals surface area contributed by atoms with Crippen molar-refractivity contribution in [1.29, 1.82) is 0 Å². The fraction of sp³-hybridized carbons (Fsp3) is 0.222. The zero-order valence-corrected chi connectivity index (χ0v) is 13.6. The van der Waals surface area contributed by atoms with Crippen LogP contribution in [0.4, 0.5) is 14.5 Å². The number of hydrogen-bond acceptors (Lipinski definition) is 4. The molecule has 1 N–H and O–H groups in total. The van der Waals surface area contributed by atoms with Crippen molar-refractivity contribution >= 4 is 17.6 Å². The van der Waals surface area contributed by atoms with Gasteiger partial charge in [-0.2, -0.15) is 0 Å². The van der Waals surface area contributed by atoms with E-state index in [2.05, 4.69) is 0 Å². The molecule has 0 aliphatic rings. The molecule has 2 aromatic rings. The van der Waals surface area contributed by atoms with Crippen molar-refractivity contribution in [3.05, 3.63) is 59.7 Å². The second-order valence-electron chi connectivity index (χ2n) is 5.22. The van der Waals surface area contributed by atoms with E-state index in [9.17, 15) is 18.4 Å². The first-order chi connectivity index (χ1) is 12.0. The average Bonchev–Trinajstić information content (AvgIpc) is 2.58. The molecule has 0 radical (unpaired) electrons. The van der Waals surface area contributed by atoms with E-state index in [4.69, 9.17) is 9.47 Å². The molecule has 7 heteroatoms. The van der Waals surface area contributed by atoms with Crippen LogP contribution in [0.3, 0.4) is 0 Å². The van der Waals surface area contributed by atoms with E-state index in [-0.39, 0.29) is 13.0 Å². The maximum absolute atomic E-state index is 13.4. The third kappa shape index (κ3) is 5.87. The van der Waals surface area contributed by atoms with Crippen LogP contribution < -0.4 is 10.1 Å². The van der Waals surface area contributed by atoms with Gasteiger partial charge in [-0.1, -0.05) is 23.8 Å². The lowest BCUT2D eigenvalue weighted by atomic mass is 10.2. The van der Waals surface area contributed by atoms with E-state index in [1.165, 1.54) is 6.07 Å². The van der Waals surface area contributed by atoms with Crippen LogP contribution in [-0.4, -0.2) is 25.1 Å². The van der Waals surface area contributed by atoms with Crippen LogP contribution >= 0.6 is 0 Å². The van der Waals surface area contributed by atoms with Crippen molar-refractivity contribution in [2.75, 3.05) is 18.5 Å².